The van der Waals surface area contributed by atoms with Crippen molar-refractivity contribution in [1.29, 1.82) is 0 Å². The van der Waals surface area contributed by atoms with Crippen LogP contribution in [-0.2, 0) is 0 Å². The normalized spacial score (nSPS) is 10.8. The van der Waals surface area contributed by atoms with Crippen LogP contribution in [-0.4, -0.2) is 6.61 Å². The maximum atomic E-state index is 5.58. The van der Waals surface area contributed by atoms with Gasteiger partial charge < -0.3 is 4.74 Å². The summed E-state index contributed by atoms with van der Waals surface area (Å²) in [6.45, 7) is 5.13. The predicted molar refractivity (Wildman–Crippen MR) is 66.2 cm³/mol. The minimum absolute atomic E-state index is 0.820. The molecule has 0 spiro atoms. The smallest absolute Gasteiger partial charge is 0.119 e. The van der Waals surface area contributed by atoms with Gasteiger partial charge in [0.05, 0.1) is 6.61 Å². The van der Waals surface area contributed by atoms with Gasteiger partial charge in [0, 0.05) is 0 Å². The van der Waals surface area contributed by atoms with Gasteiger partial charge in [0.1, 0.15) is 5.75 Å². The van der Waals surface area contributed by atoms with E-state index in [1.165, 1.54) is 12.0 Å². The van der Waals surface area contributed by atoms with Gasteiger partial charge in [-0.3, -0.25) is 0 Å². The molecule has 0 saturated carbocycles. The molecule has 0 unspecified atom stereocenters. The first-order chi connectivity index (χ1) is 7.36. The fourth-order valence-electron chi connectivity index (χ4n) is 1.26. The van der Waals surface area contributed by atoms with E-state index in [9.17, 15) is 0 Å². The monoisotopic (exact) mass is 204 g/mol. The SMILES string of the molecule is CCC=Cc1ccc(OCCCC)cc1. The molecule has 0 radical (unpaired) electrons. The fourth-order valence-corrected chi connectivity index (χ4v) is 1.26. The van der Waals surface area contributed by atoms with Crippen LogP contribution in [0.15, 0.2) is 30.3 Å². The Labute approximate surface area is 92.8 Å². The second kappa shape index (κ2) is 7.10. The predicted octanol–water partition coefficient (Wildman–Crippen LogP) is 4.29. The van der Waals surface area contributed by atoms with Gasteiger partial charge in [-0.2, -0.15) is 0 Å². The molecular formula is C14H20O. The van der Waals surface area contributed by atoms with Crippen molar-refractivity contribution < 1.29 is 4.74 Å². The highest BCUT2D eigenvalue weighted by atomic mass is 16.5. The van der Waals surface area contributed by atoms with E-state index in [0.29, 0.717) is 0 Å². The summed E-state index contributed by atoms with van der Waals surface area (Å²) in [6.07, 6.45) is 7.67. The van der Waals surface area contributed by atoms with Crippen molar-refractivity contribution >= 4 is 6.08 Å². The van der Waals surface area contributed by atoms with Gasteiger partial charge in [0.15, 0.2) is 0 Å². The van der Waals surface area contributed by atoms with Crippen LogP contribution in [0.4, 0.5) is 0 Å². The molecule has 0 aliphatic heterocycles. The Balaban J connectivity index is 2.45. The zero-order valence-electron chi connectivity index (χ0n) is 9.70. The molecule has 0 saturated heterocycles. The Morgan fingerprint density at radius 2 is 1.87 bits per heavy atom. The van der Waals surface area contributed by atoms with Gasteiger partial charge in [0.25, 0.3) is 0 Å². The lowest BCUT2D eigenvalue weighted by Gasteiger charge is -2.04. The van der Waals surface area contributed by atoms with Crippen LogP contribution in [0.3, 0.4) is 0 Å². The second-order valence-corrected chi connectivity index (χ2v) is 3.58. The number of rotatable bonds is 6. The number of ether oxygens (including phenoxy) is 1. The summed E-state index contributed by atoms with van der Waals surface area (Å²) in [5.41, 5.74) is 1.24. The van der Waals surface area contributed by atoms with Gasteiger partial charge in [-0.05, 0) is 30.5 Å². The molecule has 15 heavy (non-hydrogen) atoms. The molecule has 1 rings (SSSR count). The third-order valence-electron chi connectivity index (χ3n) is 2.19. The molecule has 0 atom stereocenters. The molecule has 1 aromatic carbocycles. The van der Waals surface area contributed by atoms with Crippen molar-refractivity contribution in [3.63, 3.8) is 0 Å². The van der Waals surface area contributed by atoms with E-state index < -0.39 is 0 Å². The standard InChI is InChI=1S/C14H20O/c1-3-5-7-13-8-10-14(11-9-13)15-12-6-4-2/h5,7-11H,3-4,6,12H2,1-2H3. The molecule has 0 aliphatic carbocycles. The van der Waals surface area contributed by atoms with Crippen LogP contribution in [0.5, 0.6) is 5.75 Å². The van der Waals surface area contributed by atoms with E-state index in [0.717, 1.165) is 25.2 Å². The number of allylic oxidation sites excluding steroid dienone is 1. The summed E-state index contributed by atoms with van der Waals surface area (Å²) in [4.78, 5) is 0. The van der Waals surface area contributed by atoms with Gasteiger partial charge in [0.2, 0.25) is 0 Å². The van der Waals surface area contributed by atoms with E-state index in [4.69, 9.17) is 4.74 Å². The van der Waals surface area contributed by atoms with E-state index in [1.807, 2.05) is 12.1 Å². The van der Waals surface area contributed by atoms with Crippen LogP contribution in [0.2, 0.25) is 0 Å². The Hall–Kier alpha value is -1.24. The first kappa shape index (κ1) is 11.8. The fraction of sp³-hybridized carbons (Fsp3) is 0.429. The highest BCUT2D eigenvalue weighted by molar-refractivity contribution is 5.50. The molecule has 0 bridgehead atoms. The molecule has 82 valence electrons. The zero-order valence-corrected chi connectivity index (χ0v) is 9.70. The Morgan fingerprint density at radius 1 is 1.13 bits per heavy atom. The van der Waals surface area contributed by atoms with Crippen LogP contribution in [0.25, 0.3) is 6.08 Å². The van der Waals surface area contributed by atoms with E-state index in [2.05, 4.69) is 38.1 Å². The quantitative estimate of drug-likeness (QED) is 0.628. The highest BCUT2D eigenvalue weighted by Crippen LogP contribution is 2.13. The van der Waals surface area contributed by atoms with Crippen molar-refractivity contribution in [2.24, 2.45) is 0 Å². The molecule has 0 aliphatic rings. The summed E-state index contributed by atoms with van der Waals surface area (Å²) in [5, 5.41) is 0. The summed E-state index contributed by atoms with van der Waals surface area (Å²) in [5.74, 6) is 0.970. The van der Waals surface area contributed by atoms with Crippen molar-refractivity contribution in [2.45, 2.75) is 33.1 Å². The molecule has 1 aromatic rings. The molecule has 0 N–H and O–H groups in total. The number of hydrogen-bond donors (Lipinski definition) is 0. The summed E-state index contributed by atoms with van der Waals surface area (Å²) < 4.78 is 5.58. The third-order valence-corrected chi connectivity index (χ3v) is 2.19. The molecular weight excluding hydrogens is 184 g/mol. The first-order valence-electron chi connectivity index (χ1n) is 5.76. The maximum absolute atomic E-state index is 5.58. The number of hydrogen-bond acceptors (Lipinski definition) is 1. The minimum Gasteiger partial charge on any atom is -0.494 e. The Bertz CT molecular complexity index is 285. The van der Waals surface area contributed by atoms with Crippen LogP contribution in [0.1, 0.15) is 38.7 Å². The van der Waals surface area contributed by atoms with Crippen LogP contribution < -0.4 is 4.74 Å². The Kier molecular flexibility index (Phi) is 5.60. The second-order valence-electron chi connectivity index (χ2n) is 3.58. The molecule has 0 heterocycles. The Morgan fingerprint density at radius 3 is 2.47 bits per heavy atom. The molecule has 1 heteroatoms. The van der Waals surface area contributed by atoms with Gasteiger partial charge in [-0.15, -0.1) is 0 Å². The average molecular weight is 204 g/mol. The zero-order chi connectivity index (χ0) is 10.9. The molecule has 0 aromatic heterocycles. The van der Waals surface area contributed by atoms with Gasteiger partial charge >= 0.3 is 0 Å². The maximum Gasteiger partial charge on any atom is 0.119 e. The molecule has 0 amide bonds. The summed E-state index contributed by atoms with van der Waals surface area (Å²) >= 11 is 0. The minimum atomic E-state index is 0.820. The van der Waals surface area contributed by atoms with Crippen LogP contribution in [0, 0.1) is 0 Å². The van der Waals surface area contributed by atoms with Crippen molar-refractivity contribution in [3.8, 4) is 5.75 Å². The van der Waals surface area contributed by atoms with Crippen LogP contribution >= 0.6 is 0 Å². The van der Waals surface area contributed by atoms with E-state index in [-0.39, 0.29) is 0 Å². The molecule has 0 fully saturated rings. The highest BCUT2D eigenvalue weighted by Gasteiger charge is 1.92. The lowest BCUT2D eigenvalue weighted by molar-refractivity contribution is 0.309. The number of unbranched alkanes of at least 4 members (excludes halogenated alkanes) is 1. The largest absolute Gasteiger partial charge is 0.494 e. The lowest BCUT2D eigenvalue weighted by Crippen LogP contribution is -1.95. The van der Waals surface area contributed by atoms with Crippen molar-refractivity contribution in [1.82, 2.24) is 0 Å². The van der Waals surface area contributed by atoms with E-state index in [1.54, 1.807) is 0 Å². The summed E-state index contributed by atoms with van der Waals surface area (Å²) in [6, 6.07) is 8.25. The van der Waals surface area contributed by atoms with Gasteiger partial charge in [-0.25, -0.2) is 0 Å². The van der Waals surface area contributed by atoms with Crippen molar-refractivity contribution in [3.05, 3.63) is 35.9 Å². The number of benzene rings is 1. The van der Waals surface area contributed by atoms with E-state index >= 15 is 0 Å². The first-order valence-corrected chi connectivity index (χ1v) is 5.76. The third kappa shape index (κ3) is 4.68. The van der Waals surface area contributed by atoms with Gasteiger partial charge in [-0.1, -0.05) is 44.6 Å². The average Bonchev–Trinajstić information content (AvgIpc) is 2.28. The van der Waals surface area contributed by atoms with Crippen molar-refractivity contribution in [2.75, 3.05) is 6.61 Å². The topological polar surface area (TPSA) is 9.23 Å². The molecule has 1 nitrogen and oxygen atoms in total. The summed E-state index contributed by atoms with van der Waals surface area (Å²) in [7, 11) is 0. The lowest BCUT2D eigenvalue weighted by atomic mass is 10.2.